The Morgan fingerprint density at radius 3 is 2.00 bits per heavy atom. The molecule has 0 saturated heterocycles. The van der Waals surface area contributed by atoms with Crippen molar-refractivity contribution in [2.75, 3.05) is 14.2 Å². The van der Waals surface area contributed by atoms with E-state index in [0.717, 1.165) is 32.3 Å². The fraction of sp³-hybridized carbons (Fsp3) is 0.231. The summed E-state index contributed by atoms with van der Waals surface area (Å²) in [4.78, 5) is 0. The van der Waals surface area contributed by atoms with Crippen molar-refractivity contribution in [3.63, 3.8) is 0 Å². The van der Waals surface area contributed by atoms with Crippen molar-refractivity contribution >= 4 is 42.6 Å². The van der Waals surface area contributed by atoms with Gasteiger partial charge in [-0.25, -0.2) is 0 Å². The molecule has 0 saturated carbocycles. The molecule has 2 aromatic carbocycles. The van der Waals surface area contributed by atoms with Gasteiger partial charge >= 0.3 is 0 Å². The van der Waals surface area contributed by atoms with Crippen molar-refractivity contribution in [1.82, 2.24) is 0 Å². The highest BCUT2D eigenvalue weighted by atomic mass is 79.9. The lowest BCUT2D eigenvalue weighted by molar-refractivity contribution is 0.405. The normalized spacial score (nSPS) is 10.6. The molecule has 17 heavy (non-hydrogen) atoms. The van der Waals surface area contributed by atoms with Gasteiger partial charge in [-0.3, -0.25) is 0 Å². The van der Waals surface area contributed by atoms with E-state index < -0.39 is 0 Å². The summed E-state index contributed by atoms with van der Waals surface area (Å²) in [5.41, 5.74) is 1.06. The highest BCUT2D eigenvalue weighted by molar-refractivity contribution is 9.11. The Morgan fingerprint density at radius 2 is 1.53 bits per heavy atom. The first-order valence-corrected chi connectivity index (χ1v) is 7.03. The maximum Gasteiger partial charge on any atom is 0.141 e. The van der Waals surface area contributed by atoms with Gasteiger partial charge in [-0.1, -0.05) is 40.2 Å². The zero-order chi connectivity index (χ0) is 12.4. The molecule has 90 valence electrons. The SMILES string of the molecule is COc1c(Br)c(CBr)c(OC)c2ccccc12. The van der Waals surface area contributed by atoms with Crippen LogP contribution in [0.25, 0.3) is 10.8 Å². The van der Waals surface area contributed by atoms with E-state index in [4.69, 9.17) is 9.47 Å². The van der Waals surface area contributed by atoms with E-state index in [0.29, 0.717) is 5.33 Å². The Morgan fingerprint density at radius 1 is 1.00 bits per heavy atom. The molecule has 0 bridgehead atoms. The number of halogens is 2. The van der Waals surface area contributed by atoms with Crippen molar-refractivity contribution in [2.45, 2.75) is 5.33 Å². The molecule has 2 rings (SSSR count). The first-order valence-electron chi connectivity index (χ1n) is 5.11. The molecule has 0 fully saturated rings. The number of hydrogen-bond acceptors (Lipinski definition) is 2. The maximum absolute atomic E-state index is 5.51. The van der Waals surface area contributed by atoms with Crippen LogP contribution in [0.1, 0.15) is 5.56 Å². The fourth-order valence-electron chi connectivity index (χ4n) is 1.95. The topological polar surface area (TPSA) is 18.5 Å². The van der Waals surface area contributed by atoms with Crippen molar-refractivity contribution in [2.24, 2.45) is 0 Å². The van der Waals surface area contributed by atoms with Gasteiger partial charge in [0.2, 0.25) is 0 Å². The standard InChI is InChI=1S/C13H12Br2O2/c1-16-12-8-5-3-4-6-9(8)13(17-2)11(15)10(12)7-14/h3-6H,7H2,1-2H3. The molecule has 2 aromatic rings. The van der Waals surface area contributed by atoms with Crippen LogP contribution in [0.3, 0.4) is 0 Å². The van der Waals surface area contributed by atoms with Gasteiger partial charge in [-0.2, -0.15) is 0 Å². The minimum Gasteiger partial charge on any atom is -0.496 e. The average Bonchev–Trinajstić information content (AvgIpc) is 2.37. The lowest BCUT2D eigenvalue weighted by atomic mass is 10.0. The number of methoxy groups -OCH3 is 2. The summed E-state index contributed by atoms with van der Waals surface area (Å²) in [6.45, 7) is 0. The van der Waals surface area contributed by atoms with Gasteiger partial charge in [0.05, 0.1) is 18.7 Å². The molecule has 0 radical (unpaired) electrons. The summed E-state index contributed by atoms with van der Waals surface area (Å²) in [7, 11) is 3.36. The van der Waals surface area contributed by atoms with E-state index in [1.54, 1.807) is 14.2 Å². The molecule has 0 N–H and O–H groups in total. The number of rotatable bonds is 3. The predicted octanol–water partition coefficient (Wildman–Crippen LogP) is 4.51. The minimum absolute atomic E-state index is 0.706. The van der Waals surface area contributed by atoms with Gasteiger partial charge in [0.1, 0.15) is 11.5 Å². The number of ether oxygens (including phenoxy) is 2. The number of benzene rings is 2. The molecule has 0 aliphatic carbocycles. The third kappa shape index (κ3) is 2.04. The summed E-state index contributed by atoms with van der Waals surface area (Å²) < 4.78 is 11.9. The summed E-state index contributed by atoms with van der Waals surface area (Å²) in [5, 5.41) is 2.81. The van der Waals surface area contributed by atoms with Gasteiger partial charge in [-0.15, -0.1) is 0 Å². The molecular weight excluding hydrogens is 348 g/mol. The second-order valence-corrected chi connectivity index (χ2v) is 4.89. The lowest BCUT2D eigenvalue weighted by Gasteiger charge is -2.16. The molecule has 0 amide bonds. The minimum atomic E-state index is 0.706. The van der Waals surface area contributed by atoms with Crippen LogP contribution < -0.4 is 9.47 Å². The van der Waals surface area contributed by atoms with E-state index in [-0.39, 0.29) is 0 Å². The Hall–Kier alpha value is -0.740. The zero-order valence-corrected chi connectivity index (χ0v) is 12.8. The number of fused-ring (bicyclic) bond motifs is 1. The van der Waals surface area contributed by atoms with Crippen molar-refractivity contribution in [3.05, 3.63) is 34.3 Å². The lowest BCUT2D eigenvalue weighted by Crippen LogP contribution is -1.96. The summed E-state index contributed by atoms with van der Waals surface area (Å²) in [5.74, 6) is 1.72. The second kappa shape index (κ2) is 5.27. The van der Waals surface area contributed by atoms with E-state index in [9.17, 15) is 0 Å². The monoisotopic (exact) mass is 358 g/mol. The molecule has 2 nitrogen and oxygen atoms in total. The Labute approximate surface area is 117 Å². The van der Waals surface area contributed by atoms with Crippen molar-refractivity contribution in [3.8, 4) is 11.5 Å². The van der Waals surface area contributed by atoms with E-state index in [1.165, 1.54) is 0 Å². The highest BCUT2D eigenvalue weighted by Crippen LogP contribution is 2.44. The highest BCUT2D eigenvalue weighted by Gasteiger charge is 2.17. The van der Waals surface area contributed by atoms with Crippen LogP contribution in [-0.4, -0.2) is 14.2 Å². The van der Waals surface area contributed by atoms with Gasteiger partial charge < -0.3 is 9.47 Å². The Kier molecular flexibility index (Phi) is 3.94. The maximum atomic E-state index is 5.51. The summed E-state index contributed by atoms with van der Waals surface area (Å²) >= 11 is 7.06. The molecule has 0 aliphatic rings. The molecule has 0 unspecified atom stereocenters. The molecule has 4 heteroatoms. The van der Waals surface area contributed by atoms with Crippen LogP contribution in [0.2, 0.25) is 0 Å². The van der Waals surface area contributed by atoms with Crippen molar-refractivity contribution in [1.29, 1.82) is 0 Å². The van der Waals surface area contributed by atoms with Crippen LogP contribution in [0.15, 0.2) is 28.7 Å². The molecule has 0 aliphatic heterocycles. The van der Waals surface area contributed by atoms with E-state index >= 15 is 0 Å². The molecule has 0 atom stereocenters. The van der Waals surface area contributed by atoms with Gasteiger partial charge in [-0.05, 0) is 15.9 Å². The smallest absolute Gasteiger partial charge is 0.141 e. The first-order chi connectivity index (χ1) is 8.24. The van der Waals surface area contributed by atoms with Gasteiger partial charge in [0.25, 0.3) is 0 Å². The third-order valence-electron chi connectivity index (χ3n) is 2.70. The van der Waals surface area contributed by atoms with Gasteiger partial charge in [0, 0.05) is 21.7 Å². The quantitative estimate of drug-likeness (QED) is 0.750. The first kappa shape index (κ1) is 12.7. The molecule has 0 spiro atoms. The van der Waals surface area contributed by atoms with Crippen LogP contribution in [-0.2, 0) is 5.33 Å². The second-order valence-electron chi connectivity index (χ2n) is 3.54. The van der Waals surface area contributed by atoms with E-state index in [2.05, 4.69) is 31.9 Å². The Bertz CT molecular complexity index is 553. The van der Waals surface area contributed by atoms with Gasteiger partial charge in [0.15, 0.2) is 0 Å². The van der Waals surface area contributed by atoms with Crippen molar-refractivity contribution < 1.29 is 9.47 Å². The Balaban J connectivity index is 2.93. The number of alkyl halides is 1. The van der Waals surface area contributed by atoms with Crippen LogP contribution in [0.5, 0.6) is 11.5 Å². The van der Waals surface area contributed by atoms with E-state index in [1.807, 2.05) is 24.3 Å². The van der Waals surface area contributed by atoms with Crippen LogP contribution in [0, 0.1) is 0 Å². The number of hydrogen-bond donors (Lipinski definition) is 0. The zero-order valence-electron chi connectivity index (χ0n) is 9.59. The van der Waals surface area contributed by atoms with Crippen LogP contribution >= 0.6 is 31.9 Å². The predicted molar refractivity (Wildman–Crippen MR) is 77.4 cm³/mol. The van der Waals surface area contributed by atoms with Crippen LogP contribution in [0.4, 0.5) is 0 Å². The summed E-state index contributed by atoms with van der Waals surface area (Å²) in [6.07, 6.45) is 0. The molecule has 0 heterocycles. The average molecular weight is 360 g/mol. The molecule has 0 aromatic heterocycles. The molecular formula is C13H12Br2O2. The largest absolute Gasteiger partial charge is 0.496 e. The fourth-order valence-corrected chi connectivity index (χ4v) is 3.56. The third-order valence-corrected chi connectivity index (χ3v) is 4.10. The summed E-state index contributed by atoms with van der Waals surface area (Å²) in [6, 6.07) is 8.05.